The lowest BCUT2D eigenvalue weighted by atomic mass is 10.2. The number of benzene rings is 2. The molecule has 2 aromatic carbocycles. The molecular formula is C25H21FN4O3. The number of amides is 1. The Kier molecular flexibility index (Phi) is 7.07. The number of imidazole rings is 1. The molecule has 4 aromatic rings. The third-order valence-corrected chi connectivity index (χ3v) is 4.52. The summed E-state index contributed by atoms with van der Waals surface area (Å²) < 4.78 is 27.5. The van der Waals surface area contributed by atoms with Gasteiger partial charge in [0.15, 0.2) is 11.6 Å². The van der Waals surface area contributed by atoms with Gasteiger partial charge in [0, 0.05) is 36.4 Å². The second kappa shape index (κ2) is 10.7. The van der Waals surface area contributed by atoms with Crippen molar-refractivity contribution in [1.82, 2.24) is 14.5 Å². The number of nitrogens with zero attached hydrogens (tertiary/aromatic N) is 3. The molecule has 0 aliphatic heterocycles. The zero-order valence-corrected chi connectivity index (χ0v) is 17.6. The van der Waals surface area contributed by atoms with Gasteiger partial charge in [0.25, 0.3) is 0 Å². The molecule has 4 rings (SSSR count). The smallest absolute Gasteiger partial charge is 0.248 e. The predicted octanol–water partition coefficient (Wildman–Crippen LogP) is 4.94. The summed E-state index contributed by atoms with van der Waals surface area (Å²) in [6.45, 7) is 1.14. The van der Waals surface area contributed by atoms with Crippen LogP contribution in [0.1, 0.15) is 5.56 Å². The zero-order chi connectivity index (χ0) is 22.9. The van der Waals surface area contributed by atoms with E-state index in [0.717, 1.165) is 0 Å². The van der Waals surface area contributed by atoms with Crippen LogP contribution >= 0.6 is 0 Å². The maximum absolute atomic E-state index is 14.3. The van der Waals surface area contributed by atoms with E-state index in [0.29, 0.717) is 35.9 Å². The van der Waals surface area contributed by atoms with Gasteiger partial charge >= 0.3 is 0 Å². The van der Waals surface area contributed by atoms with Gasteiger partial charge in [-0.05, 0) is 48.0 Å². The van der Waals surface area contributed by atoms with Gasteiger partial charge in [0.05, 0.1) is 19.1 Å². The molecule has 0 unspecified atom stereocenters. The first kappa shape index (κ1) is 21.8. The number of anilines is 1. The quantitative estimate of drug-likeness (QED) is 0.370. The van der Waals surface area contributed by atoms with Gasteiger partial charge in [-0.15, -0.1) is 0 Å². The molecule has 7 nitrogen and oxygen atoms in total. The van der Waals surface area contributed by atoms with Gasteiger partial charge in [-0.25, -0.2) is 9.37 Å². The Hall–Kier alpha value is -4.46. The summed E-state index contributed by atoms with van der Waals surface area (Å²) >= 11 is 0. The van der Waals surface area contributed by atoms with Gasteiger partial charge in [0.2, 0.25) is 5.91 Å². The summed E-state index contributed by atoms with van der Waals surface area (Å²) in [7, 11) is 0. The van der Waals surface area contributed by atoms with E-state index >= 15 is 0 Å². The number of nitrogens with one attached hydrogen (secondary N) is 1. The predicted molar refractivity (Wildman–Crippen MR) is 123 cm³/mol. The summed E-state index contributed by atoms with van der Waals surface area (Å²) in [5, 5.41) is 2.77. The fraction of sp³-hybridized carbons (Fsp3) is 0.0800. The van der Waals surface area contributed by atoms with E-state index in [1.807, 2.05) is 16.8 Å². The molecule has 0 saturated carbocycles. The molecule has 0 aliphatic carbocycles. The van der Waals surface area contributed by atoms with E-state index in [1.54, 1.807) is 55.1 Å². The van der Waals surface area contributed by atoms with Crippen molar-refractivity contribution < 1.29 is 18.7 Å². The number of carbonyl (C=O) groups is 1. The van der Waals surface area contributed by atoms with Crippen LogP contribution in [0.2, 0.25) is 0 Å². The van der Waals surface area contributed by atoms with Crippen molar-refractivity contribution in [2.24, 2.45) is 0 Å². The third-order valence-electron chi connectivity index (χ3n) is 4.52. The first-order valence-corrected chi connectivity index (χ1v) is 10.2. The first-order valence-electron chi connectivity index (χ1n) is 10.2. The topological polar surface area (TPSA) is 78.3 Å². The molecule has 33 heavy (non-hydrogen) atoms. The molecule has 0 saturated heterocycles. The molecule has 1 amide bonds. The maximum atomic E-state index is 14.3. The number of pyridine rings is 1. The number of rotatable bonds is 9. The number of halogens is 1. The standard InChI is InChI=1S/C25H21FN4O3/c26-23-15-19(6-8-24(23)33-22-5-2-10-27-17-22)7-9-25(31)29-20-3-1-4-21(16-20)32-14-13-30-12-11-28-18-30/h1-12,15-18H,13-14H2,(H,29,31)/b9-7+. The van der Waals surface area contributed by atoms with Crippen molar-refractivity contribution >= 4 is 17.7 Å². The van der Waals surface area contributed by atoms with Crippen LogP contribution < -0.4 is 14.8 Å². The van der Waals surface area contributed by atoms with Crippen molar-refractivity contribution in [3.05, 3.63) is 103 Å². The van der Waals surface area contributed by atoms with Crippen molar-refractivity contribution in [3.8, 4) is 17.2 Å². The number of hydrogen-bond acceptors (Lipinski definition) is 5. The molecule has 0 atom stereocenters. The lowest BCUT2D eigenvalue weighted by Crippen LogP contribution is -2.09. The minimum Gasteiger partial charge on any atom is -0.492 e. The molecule has 0 bridgehead atoms. The maximum Gasteiger partial charge on any atom is 0.248 e. The number of carbonyl (C=O) groups excluding carboxylic acids is 1. The Labute approximate surface area is 190 Å². The highest BCUT2D eigenvalue weighted by molar-refractivity contribution is 6.02. The fourth-order valence-electron chi connectivity index (χ4n) is 2.95. The molecule has 0 radical (unpaired) electrons. The van der Waals surface area contributed by atoms with E-state index in [2.05, 4.69) is 15.3 Å². The number of ether oxygens (including phenoxy) is 2. The lowest BCUT2D eigenvalue weighted by Gasteiger charge is -2.09. The highest BCUT2D eigenvalue weighted by Crippen LogP contribution is 2.25. The largest absolute Gasteiger partial charge is 0.492 e. The SMILES string of the molecule is O=C(/C=C/c1ccc(Oc2cccnc2)c(F)c1)Nc1cccc(OCCn2ccnc2)c1. The summed E-state index contributed by atoms with van der Waals surface area (Å²) in [4.78, 5) is 20.2. The molecule has 2 aromatic heterocycles. The van der Waals surface area contributed by atoms with E-state index in [-0.39, 0.29) is 11.7 Å². The Morgan fingerprint density at radius 3 is 2.76 bits per heavy atom. The molecule has 0 spiro atoms. The third kappa shape index (κ3) is 6.51. The molecular weight excluding hydrogens is 423 g/mol. The Bertz CT molecular complexity index is 1230. The number of aromatic nitrogens is 3. The monoisotopic (exact) mass is 444 g/mol. The minimum absolute atomic E-state index is 0.0782. The van der Waals surface area contributed by atoms with Crippen LogP contribution in [-0.4, -0.2) is 27.0 Å². The van der Waals surface area contributed by atoms with Crippen LogP contribution in [0.3, 0.4) is 0 Å². The number of hydrogen-bond donors (Lipinski definition) is 1. The van der Waals surface area contributed by atoms with Gasteiger partial charge in [-0.2, -0.15) is 0 Å². The molecule has 1 N–H and O–H groups in total. The van der Waals surface area contributed by atoms with Gasteiger partial charge in [-0.1, -0.05) is 12.1 Å². The summed E-state index contributed by atoms with van der Waals surface area (Å²) in [6.07, 6.45) is 11.3. The second-order valence-corrected chi connectivity index (χ2v) is 6.98. The lowest BCUT2D eigenvalue weighted by molar-refractivity contribution is -0.111. The molecule has 0 aliphatic rings. The highest BCUT2D eigenvalue weighted by atomic mass is 19.1. The van der Waals surface area contributed by atoms with E-state index in [4.69, 9.17) is 9.47 Å². The minimum atomic E-state index is -0.540. The molecule has 166 valence electrons. The average Bonchev–Trinajstić information content (AvgIpc) is 3.34. The van der Waals surface area contributed by atoms with Crippen LogP contribution in [0, 0.1) is 5.82 Å². The summed E-state index contributed by atoms with van der Waals surface area (Å²) in [5.74, 6) is 0.272. The normalized spacial score (nSPS) is 10.8. The molecule has 2 heterocycles. The first-order chi connectivity index (χ1) is 16.2. The van der Waals surface area contributed by atoms with Crippen LogP contribution in [-0.2, 0) is 11.3 Å². The Balaban J connectivity index is 1.31. The van der Waals surface area contributed by atoms with Crippen molar-refractivity contribution in [2.45, 2.75) is 6.54 Å². The van der Waals surface area contributed by atoms with Crippen molar-refractivity contribution in [2.75, 3.05) is 11.9 Å². The zero-order valence-electron chi connectivity index (χ0n) is 17.6. The van der Waals surface area contributed by atoms with E-state index in [9.17, 15) is 9.18 Å². The Morgan fingerprint density at radius 2 is 1.97 bits per heavy atom. The molecule has 8 heteroatoms. The Morgan fingerprint density at radius 1 is 1.06 bits per heavy atom. The van der Waals surface area contributed by atoms with E-state index in [1.165, 1.54) is 30.5 Å². The van der Waals surface area contributed by atoms with Crippen LogP contribution in [0.4, 0.5) is 10.1 Å². The van der Waals surface area contributed by atoms with Gasteiger partial charge in [0.1, 0.15) is 18.1 Å². The van der Waals surface area contributed by atoms with Crippen molar-refractivity contribution in [3.63, 3.8) is 0 Å². The van der Waals surface area contributed by atoms with Crippen LogP contribution in [0.25, 0.3) is 6.08 Å². The van der Waals surface area contributed by atoms with Crippen LogP contribution in [0.15, 0.2) is 91.8 Å². The van der Waals surface area contributed by atoms with Crippen molar-refractivity contribution in [1.29, 1.82) is 0 Å². The van der Waals surface area contributed by atoms with Gasteiger partial charge in [-0.3, -0.25) is 9.78 Å². The summed E-state index contributed by atoms with van der Waals surface area (Å²) in [5.41, 5.74) is 1.12. The van der Waals surface area contributed by atoms with E-state index < -0.39 is 5.82 Å². The molecule has 0 fully saturated rings. The summed E-state index contributed by atoms with van der Waals surface area (Å²) in [6, 6.07) is 15.0. The van der Waals surface area contributed by atoms with Crippen LogP contribution in [0.5, 0.6) is 17.2 Å². The average molecular weight is 444 g/mol. The van der Waals surface area contributed by atoms with Gasteiger partial charge < -0.3 is 19.4 Å². The fourth-order valence-corrected chi connectivity index (χ4v) is 2.95. The highest BCUT2D eigenvalue weighted by Gasteiger charge is 2.06. The second-order valence-electron chi connectivity index (χ2n) is 6.98.